The maximum absolute atomic E-state index is 13.3. The average Bonchev–Trinajstić information content (AvgIpc) is 3.05. The molecule has 0 radical (unpaired) electrons. The maximum atomic E-state index is 13.3. The van der Waals surface area contributed by atoms with E-state index in [4.69, 9.17) is 4.74 Å². The molecule has 3 aromatic rings. The summed E-state index contributed by atoms with van der Waals surface area (Å²) in [5, 5.41) is 0. The molecular weight excluding hydrogens is 455 g/mol. The summed E-state index contributed by atoms with van der Waals surface area (Å²) in [5.74, 6) is 0.109. The van der Waals surface area contributed by atoms with E-state index in [0.29, 0.717) is 18.8 Å². The fourth-order valence-electron chi connectivity index (χ4n) is 3.96. The number of fused-ring (bicyclic) bond motifs is 1. The van der Waals surface area contributed by atoms with Gasteiger partial charge in [0.2, 0.25) is 15.9 Å². The van der Waals surface area contributed by atoms with E-state index in [1.165, 1.54) is 16.4 Å². The highest BCUT2D eigenvalue weighted by atomic mass is 32.2. The minimum atomic E-state index is -3.81. The highest BCUT2D eigenvalue weighted by Crippen LogP contribution is 2.28. The van der Waals surface area contributed by atoms with Crippen LogP contribution < -0.4 is 4.74 Å². The predicted molar refractivity (Wildman–Crippen MR) is 127 cm³/mol. The molecule has 1 heterocycles. The number of sulfonamides is 1. The van der Waals surface area contributed by atoms with Gasteiger partial charge >= 0.3 is 0 Å². The third-order valence-electron chi connectivity index (χ3n) is 5.85. The standard InChI is InChI=1S/C26H27FN2O4S/c1-20(30)28(14-13-21-5-3-2-4-6-21)18-22-7-12-26-23(17-22)19-29(15-16-33-26)34(31,32)25-10-8-24(27)9-11-25/h2-12,17H,13-16,18-19H2,1H3. The van der Waals surface area contributed by atoms with Gasteiger partial charge in [0.15, 0.2) is 0 Å². The lowest BCUT2D eigenvalue weighted by Gasteiger charge is -2.22. The van der Waals surface area contributed by atoms with Gasteiger partial charge in [-0.3, -0.25) is 4.79 Å². The summed E-state index contributed by atoms with van der Waals surface area (Å²) in [6.07, 6.45) is 0.748. The predicted octanol–water partition coefficient (Wildman–Crippen LogP) is 4.00. The van der Waals surface area contributed by atoms with Crippen molar-refractivity contribution in [2.75, 3.05) is 19.7 Å². The molecule has 0 atom stereocenters. The molecule has 1 aliphatic heterocycles. The third-order valence-corrected chi connectivity index (χ3v) is 7.71. The van der Waals surface area contributed by atoms with Crippen molar-refractivity contribution >= 4 is 15.9 Å². The van der Waals surface area contributed by atoms with Crippen molar-refractivity contribution in [1.82, 2.24) is 9.21 Å². The zero-order chi connectivity index (χ0) is 24.1. The number of ether oxygens (including phenoxy) is 1. The summed E-state index contributed by atoms with van der Waals surface area (Å²) in [6.45, 7) is 3.07. The smallest absolute Gasteiger partial charge is 0.243 e. The first-order valence-electron chi connectivity index (χ1n) is 11.1. The van der Waals surface area contributed by atoms with Crippen LogP contribution in [0.3, 0.4) is 0 Å². The van der Waals surface area contributed by atoms with Gasteiger partial charge in [-0.1, -0.05) is 36.4 Å². The van der Waals surface area contributed by atoms with E-state index >= 15 is 0 Å². The van der Waals surface area contributed by atoms with Crippen molar-refractivity contribution < 1.29 is 22.3 Å². The van der Waals surface area contributed by atoms with Crippen molar-refractivity contribution in [2.45, 2.75) is 31.3 Å². The molecule has 0 saturated carbocycles. The lowest BCUT2D eigenvalue weighted by Crippen LogP contribution is -2.32. The van der Waals surface area contributed by atoms with E-state index in [-0.39, 0.29) is 30.5 Å². The largest absolute Gasteiger partial charge is 0.492 e. The third kappa shape index (κ3) is 5.63. The van der Waals surface area contributed by atoms with E-state index in [0.717, 1.165) is 35.2 Å². The number of hydrogen-bond donors (Lipinski definition) is 0. The molecule has 0 unspecified atom stereocenters. The molecule has 0 bridgehead atoms. The lowest BCUT2D eigenvalue weighted by molar-refractivity contribution is -0.129. The molecule has 8 heteroatoms. The Bertz CT molecular complexity index is 1250. The highest BCUT2D eigenvalue weighted by molar-refractivity contribution is 7.89. The highest BCUT2D eigenvalue weighted by Gasteiger charge is 2.28. The molecule has 0 aromatic heterocycles. The van der Waals surface area contributed by atoms with Crippen LogP contribution in [0.1, 0.15) is 23.6 Å². The van der Waals surface area contributed by atoms with Crippen LogP contribution in [0.5, 0.6) is 5.75 Å². The Labute approximate surface area is 199 Å². The molecule has 0 aliphatic carbocycles. The quantitative estimate of drug-likeness (QED) is 0.511. The van der Waals surface area contributed by atoms with Crippen LogP contribution in [0.2, 0.25) is 0 Å². The second-order valence-corrected chi connectivity index (χ2v) is 10.2. The molecule has 0 N–H and O–H groups in total. The molecule has 3 aromatic carbocycles. The molecular formula is C26H27FN2O4S. The fraction of sp³-hybridized carbons (Fsp3) is 0.269. The summed E-state index contributed by atoms with van der Waals surface area (Å²) in [4.78, 5) is 14.1. The molecule has 0 saturated heterocycles. The van der Waals surface area contributed by atoms with Crippen LogP contribution in [0.4, 0.5) is 4.39 Å². The van der Waals surface area contributed by atoms with Gasteiger partial charge in [-0.15, -0.1) is 0 Å². The Morgan fingerprint density at radius 1 is 1.03 bits per heavy atom. The van der Waals surface area contributed by atoms with Crippen LogP contribution >= 0.6 is 0 Å². The molecule has 1 amide bonds. The summed E-state index contributed by atoms with van der Waals surface area (Å²) in [7, 11) is -3.81. The van der Waals surface area contributed by atoms with Crippen molar-refractivity contribution in [3.63, 3.8) is 0 Å². The second-order valence-electron chi connectivity index (χ2n) is 8.26. The van der Waals surface area contributed by atoms with Crippen molar-refractivity contribution in [1.29, 1.82) is 0 Å². The lowest BCUT2D eigenvalue weighted by atomic mass is 10.1. The zero-order valence-corrected chi connectivity index (χ0v) is 19.8. The first kappa shape index (κ1) is 23.9. The SMILES string of the molecule is CC(=O)N(CCc1ccccc1)Cc1ccc2c(c1)CN(S(=O)(=O)c1ccc(F)cc1)CCO2. The zero-order valence-electron chi connectivity index (χ0n) is 19.0. The van der Waals surface area contributed by atoms with Crippen LogP contribution in [0.15, 0.2) is 77.7 Å². The molecule has 6 nitrogen and oxygen atoms in total. The number of hydrogen-bond acceptors (Lipinski definition) is 4. The van der Waals surface area contributed by atoms with Crippen LogP contribution in [-0.4, -0.2) is 43.2 Å². The van der Waals surface area contributed by atoms with Gasteiger partial charge in [-0.05, 0) is 53.9 Å². The molecule has 178 valence electrons. The number of carbonyl (C=O) groups is 1. The normalized spacial score (nSPS) is 14.1. The Balaban J connectivity index is 1.51. The van der Waals surface area contributed by atoms with Crippen molar-refractivity contribution in [3.8, 4) is 5.75 Å². The monoisotopic (exact) mass is 482 g/mol. The summed E-state index contributed by atoms with van der Waals surface area (Å²) in [5.41, 5.74) is 2.78. The van der Waals surface area contributed by atoms with Gasteiger partial charge in [0.25, 0.3) is 0 Å². The molecule has 0 spiro atoms. The topological polar surface area (TPSA) is 66.9 Å². The van der Waals surface area contributed by atoms with E-state index in [1.54, 1.807) is 11.8 Å². The van der Waals surface area contributed by atoms with Crippen LogP contribution in [0.25, 0.3) is 0 Å². The minimum absolute atomic E-state index is 0.0253. The van der Waals surface area contributed by atoms with Gasteiger partial charge in [-0.25, -0.2) is 12.8 Å². The Hall–Kier alpha value is -3.23. The maximum Gasteiger partial charge on any atom is 0.243 e. The Kier molecular flexibility index (Phi) is 7.29. The van der Waals surface area contributed by atoms with E-state index in [9.17, 15) is 17.6 Å². The van der Waals surface area contributed by atoms with Gasteiger partial charge in [0.05, 0.1) is 4.90 Å². The van der Waals surface area contributed by atoms with Gasteiger partial charge in [0.1, 0.15) is 18.2 Å². The number of rotatable bonds is 7. The second kappa shape index (κ2) is 10.4. The fourth-order valence-corrected chi connectivity index (χ4v) is 5.36. The van der Waals surface area contributed by atoms with E-state index < -0.39 is 15.8 Å². The molecule has 0 fully saturated rings. The number of halogens is 1. The molecule has 4 rings (SSSR count). The summed E-state index contributed by atoms with van der Waals surface area (Å²) in [6, 6.07) is 20.4. The number of carbonyl (C=O) groups excluding carboxylic acids is 1. The number of amides is 1. The van der Waals surface area contributed by atoms with Crippen LogP contribution in [0, 0.1) is 5.82 Å². The van der Waals surface area contributed by atoms with Crippen molar-refractivity contribution in [2.24, 2.45) is 0 Å². The Morgan fingerprint density at radius 3 is 2.47 bits per heavy atom. The number of benzene rings is 3. The van der Waals surface area contributed by atoms with Gasteiger partial charge < -0.3 is 9.64 Å². The van der Waals surface area contributed by atoms with E-state index in [1.807, 2.05) is 48.5 Å². The summed E-state index contributed by atoms with van der Waals surface area (Å²) >= 11 is 0. The molecule has 34 heavy (non-hydrogen) atoms. The first-order chi connectivity index (χ1) is 16.3. The Morgan fingerprint density at radius 2 is 1.76 bits per heavy atom. The number of nitrogens with zero attached hydrogens (tertiary/aromatic N) is 2. The first-order valence-corrected chi connectivity index (χ1v) is 12.6. The van der Waals surface area contributed by atoms with Crippen LogP contribution in [-0.2, 0) is 34.3 Å². The summed E-state index contributed by atoms with van der Waals surface area (Å²) < 4.78 is 46.7. The van der Waals surface area contributed by atoms with Gasteiger partial charge in [0, 0.05) is 38.7 Å². The minimum Gasteiger partial charge on any atom is -0.492 e. The van der Waals surface area contributed by atoms with Gasteiger partial charge in [-0.2, -0.15) is 4.31 Å². The van der Waals surface area contributed by atoms with E-state index in [2.05, 4.69) is 0 Å². The van der Waals surface area contributed by atoms with Crippen molar-refractivity contribution in [3.05, 3.63) is 95.3 Å². The average molecular weight is 483 g/mol. The molecule has 1 aliphatic rings.